The molecule has 0 radical (unpaired) electrons. The molecule has 0 saturated heterocycles. The normalized spacial score (nSPS) is 16.6. The number of nitrogens with one attached hydrogen (secondary N) is 1. The number of rotatable bonds is 6. The first-order valence-electron chi connectivity index (χ1n) is 5.53. The molecule has 0 saturated carbocycles. The van der Waals surface area contributed by atoms with E-state index in [2.05, 4.69) is 5.32 Å². The molecule has 0 aliphatic rings. The van der Waals surface area contributed by atoms with Gasteiger partial charge >= 0.3 is 5.97 Å². The van der Waals surface area contributed by atoms with Gasteiger partial charge in [-0.15, -0.1) is 0 Å². The van der Waals surface area contributed by atoms with Crippen LogP contribution in [0.25, 0.3) is 0 Å². The zero-order valence-corrected chi connectivity index (χ0v) is 10.4. The van der Waals surface area contributed by atoms with Crippen LogP contribution in [0.1, 0.15) is 40.5 Å². The third-order valence-corrected chi connectivity index (χ3v) is 2.56. The first kappa shape index (κ1) is 14.9. The molecular formula is C11H22N2O3. The number of nitrogens with two attached hydrogens (primary N) is 1. The second-order valence-electron chi connectivity index (χ2n) is 4.76. The van der Waals surface area contributed by atoms with Crippen LogP contribution in [0.3, 0.4) is 0 Å². The van der Waals surface area contributed by atoms with Gasteiger partial charge in [0.2, 0.25) is 5.91 Å². The van der Waals surface area contributed by atoms with Crippen LogP contribution in [0.5, 0.6) is 0 Å². The molecule has 0 bridgehead atoms. The molecule has 94 valence electrons. The van der Waals surface area contributed by atoms with Gasteiger partial charge in [-0.3, -0.25) is 4.79 Å². The van der Waals surface area contributed by atoms with Gasteiger partial charge in [0, 0.05) is 0 Å². The molecule has 1 amide bonds. The lowest BCUT2D eigenvalue weighted by atomic mass is 9.97. The smallest absolute Gasteiger partial charge is 0.326 e. The maximum absolute atomic E-state index is 11.7. The number of carbonyl (C=O) groups excluding carboxylic acids is 1. The zero-order chi connectivity index (χ0) is 12.9. The van der Waals surface area contributed by atoms with Crippen molar-refractivity contribution >= 4 is 11.9 Å². The van der Waals surface area contributed by atoms with E-state index in [9.17, 15) is 9.59 Å². The number of carboxylic acid groups (broad SMARTS) is 1. The molecular weight excluding hydrogens is 208 g/mol. The minimum absolute atomic E-state index is 0.201. The molecule has 0 fully saturated rings. The number of carboxylic acids is 1. The standard InChI is InChI=1S/C11H22N2O3/c1-5-11(4,12)10(16)13-8(9(14)15)6-7(2)3/h7-8H,5-6,12H2,1-4H3,(H,13,16)(H,14,15)/t8-,11?/m0/s1. The molecule has 0 spiro atoms. The summed E-state index contributed by atoms with van der Waals surface area (Å²) in [4.78, 5) is 22.6. The van der Waals surface area contributed by atoms with Gasteiger partial charge in [0.1, 0.15) is 6.04 Å². The summed E-state index contributed by atoms with van der Waals surface area (Å²) < 4.78 is 0. The predicted molar refractivity (Wildman–Crippen MR) is 61.9 cm³/mol. The Labute approximate surface area is 96.4 Å². The van der Waals surface area contributed by atoms with E-state index in [0.29, 0.717) is 12.8 Å². The Morgan fingerprint density at radius 3 is 2.25 bits per heavy atom. The highest BCUT2D eigenvalue weighted by atomic mass is 16.4. The van der Waals surface area contributed by atoms with Gasteiger partial charge in [-0.1, -0.05) is 20.8 Å². The zero-order valence-electron chi connectivity index (χ0n) is 10.4. The van der Waals surface area contributed by atoms with Crippen LogP contribution in [-0.2, 0) is 9.59 Å². The quantitative estimate of drug-likeness (QED) is 0.627. The molecule has 0 aliphatic heterocycles. The molecule has 1 unspecified atom stereocenters. The Bertz CT molecular complexity index is 262. The Hall–Kier alpha value is -1.10. The van der Waals surface area contributed by atoms with Crippen molar-refractivity contribution in [2.45, 2.75) is 52.1 Å². The van der Waals surface area contributed by atoms with E-state index in [-0.39, 0.29) is 5.92 Å². The summed E-state index contributed by atoms with van der Waals surface area (Å²) in [5.74, 6) is -1.23. The summed E-state index contributed by atoms with van der Waals surface area (Å²) in [6.07, 6.45) is 0.869. The minimum Gasteiger partial charge on any atom is -0.480 e. The molecule has 0 heterocycles. The van der Waals surface area contributed by atoms with E-state index in [1.54, 1.807) is 13.8 Å². The van der Waals surface area contributed by atoms with E-state index >= 15 is 0 Å². The van der Waals surface area contributed by atoms with Gasteiger partial charge in [0.25, 0.3) is 0 Å². The van der Waals surface area contributed by atoms with Crippen molar-refractivity contribution in [3.63, 3.8) is 0 Å². The maximum atomic E-state index is 11.7. The van der Waals surface area contributed by atoms with Crippen LogP contribution in [-0.4, -0.2) is 28.6 Å². The van der Waals surface area contributed by atoms with Crippen molar-refractivity contribution in [3.8, 4) is 0 Å². The molecule has 0 aromatic heterocycles. The Balaban J connectivity index is 4.52. The van der Waals surface area contributed by atoms with Crippen LogP contribution in [0, 0.1) is 5.92 Å². The van der Waals surface area contributed by atoms with Gasteiger partial charge in [-0.05, 0) is 25.7 Å². The first-order valence-corrected chi connectivity index (χ1v) is 5.53. The highest BCUT2D eigenvalue weighted by Gasteiger charge is 2.30. The maximum Gasteiger partial charge on any atom is 0.326 e. The fourth-order valence-electron chi connectivity index (χ4n) is 1.18. The number of hydrogen-bond donors (Lipinski definition) is 3. The Morgan fingerprint density at radius 1 is 1.44 bits per heavy atom. The monoisotopic (exact) mass is 230 g/mol. The molecule has 0 aromatic rings. The fraction of sp³-hybridized carbons (Fsp3) is 0.818. The van der Waals surface area contributed by atoms with Crippen LogP contribution < -0.4 is 11.1 Å². The van der Waals surface area contributed by atoms with Crippen molar-refractivity contribution < 1.29 is 14.7 Å². The second-order valence-corrected chi connectivity index (χ2v) is 4.76. The number of aliphatic carboxylic acids is 1. The van der Waals surface area contributed by atoms with E-state index < -0.39 is 23.5 Å². The van der Waals surface area contributed by atoms with Gasteiger partial charge in [0.05, 0.1) is 5.54 Å². The molecule has 5 heteroatoms. The van der Waals surface area contributed by atoms with E-state index in [1.165, 1.54) is 0 Å². The summed E-state index contributed by atoms with van der Waals surface area (Å²) in [5.41, 5.74) is 4.72. The summed E-state index contributed by atoms with van der Waals surface area (Å²) in [5, 5.41) is 11.4. The second kappa shape index (κ2) is 5.84. The summed E-state index contributed by atoms with van der Waals surface area (Å²) in [7, 11) is 0. The molecule has 0 aromatic carbocycles. The van der Waals surface area contributed by atoms with Crippen LogP contribution >= 0.6 is 0 Å². The van der Waals surface area contributed by atoms with Crippen molar-refractivity contribution in [1.82, 2.24) is 5.32 Å². The van der Waals surface area contributed by atoms with Crippen LogP contribution in [0.2, 0.25) is 0 Å². The SMILES string of the molecule is CCC(C)(N)C(=O)N[C@@H](CC(C)C)C(=O)O. The van der Waals surface area contributed by atoms with Gasteiger partial charge in [-0.25, -0.2) is 4.79 Å². The third-order valence-electron chi connectivity index (χ3n) is 2.56. The summed E-state index contributed by atoms with van der Waals surface area (Å²) in [6, 6.07) is -0.859. The van der Waals surface area contributed by atoms with Crippen molar-refractivity contribution in [2.75, 3.05) is 0 Å². The van der Waals surface area contributed by atoms with Gasteiger partial charge in [-0.2, -0.15) is 0 Å². The van der Waals surface area contributed by atoms with Crippen molar-refractivity contribution in [3.05, 3.63) is 0 Å². The Morgan fingerprint density at radius 2 is 1.94 bits per heavy atom. The van der Waals surface area contributed by atoms with E-state index in [0.717, 1.165) is 0 Å². The highest BCUT2D eigenvalue weighted by molar-refractivity contribution is 5.89. The van der Waals surface area contributed by atoms with Crippen molar-refractivity contribution in [2.24, 2.45) is 11.7 Å². The van der Waals surface area contributed by atoms with E-state index in [1.807, 2.05) is 13.8 Å². The van der Waals surface area contributed by atoms with E-state index in [4.69, 9.17) is 10.8 Å². The fourth-order valence-corrected chi connectivity index (χ4v) is 1.18. The van der Waals surface area contributed by atoms with Crippen LogP contribution in [0.4, 0.5) is 0 Å². The van der Waals surface area contributed by atoms with Gasteiger partial charge in [0.15, 0.2) is 0 Å². The summed E-state index contributed by atoms with van der Waals surface area (Å²) >= 11 is 0. The molecule has 0 rings (SSSR count). The molecule has 4 N–H and O–H groups in total. The molecule has 16 heavy (non-hydrogen) atoms. The van der Waals surface area contributed by atoms with Crippen LogP contribution in [0.15, 0.2) is 0 Å². The average Bonchev–Trinajstić information content (AvgIpc) is 2.15. The minimum atomic E-state index is -1.02. The topological polar surface area (TPSA) is 92.4 Å². The lowest BCUT2D eigenvalue weighted by molar-refractivity contribution is -0.143. The Kier molecular flexibility index (Phi) is 5.44. The molecule has 0 aliphatic carbocycles. The predicted octanol–water partition coefficient (Wildman–Crippen LogP) is 0.729. The number of carbonyl (C=O) groups is 2. The molecule has 5 nitrogen and oxygen atoms in total. The number of hydrogen-bond acceptors (Lipinski definition) is 3. The third kappa shape index (κ3) is 4.61. The lowest BCUT2D eigenvalue weighted by Gasteiger charge is -2.25. The highest BCUT2D eigenvalue weighted by Crippen LogP contribution is 2.09. The average molecular weight is 230 g/mol. The van der Waals surface area contributed by atoms with Crippen molar-refractivity contribution in [1.29, 1.82) is 0 Å². The van der Waals surface area contributed by atoms with Gasteiger partial charge < -0.3 is 16.2 Å². The number of amides is 1. The molecule has 2 atom stereocenters. The lowest BCUT2D eigenvalue weighted by Crippen LogP contribution is -2.55. The first-order chi connectivity index (χ1) is 7.20. The summed E-state index contributed by atoms with van der Waals surface area (Å²) in [6.45, 7) is 7.20. The largest absolute Gasteiger partial charge is 0.480 e.